The highest BCUT2D eigenvalue weighted by molar-refractivity contribution is 7.87. The van der Waals surface area contributed by atoms with Crippen LogP contribution in [0.25, 0.3) is 10.8 Å². The van der Waals surface area contributed by atoms with Crippen LogP contribution in [0.15, 0.2) is 107 Å². The fourth-order valence-electron chi connectivity index (χ4n) is 2.84. The zero-order valence-corrected chi connectivity index (χ0v) is 17.1. The first-order chi connectivity index (χ1) is 14.4. The Morgan fingerprint density at radius 2 is 0.800 bits per heavy atom. The summed E-state index contributed by atoms with van der Waals surface area (Å²) in [6, 6.07) is 25.1. The van der Waals surface area contributed by atoms with Crippen LogP contribution in [-0.2, 0) is 20.2 Å². The molecule has 8 heteroatoms. The SMILES string of the molecule is O=S(=O)(Oc1cc2ccccc2cc1OS(=O)(=O)c1ccccc1)c1ccccc1. The van der Waals surface area contributed by atoms with E-state index in [0.29, 0.717) is 10.8 Å². The molecule has 6 nitrogen and oxygen atoms in total. The maximum atomic E-state index is 12.7. The lowest BCUT2D eigenvalue weighted by Crippen LogP contribution is -2.13. The first-order valence-corrected chi connectivity index (χ1v) is 11.7. The molecule has 0 spiro atoms. The summed E-state index contributed by atoms with van der Waals surface area (Å²) in [7, 11) is -8.40. The molecule has 4 aromatic rings. The van der Waals surface area contributed by atoms with E-state index in [1.807, 2.05) is 0 Å². The van der Waals surface area contributed by atoms with Gasteiger partial charge in [0.15, 0.2) is 11.5 Å². The van der Waals surface area contributed by atoms with Crippen LogP contribution >= 0.6 is 0 Å². The molecule has 4 rings (SSSR count). The summed E-state index contributed by atoms with van der Waals surface area (Å²) in [5.74, 6) is -0.450. The first kappa shape index (κ1) is 19.9. The van der Waals surface area contributed by atoms with E-state index in [1.54, 1.807) is 60.7 Å². The van der Waals surface area contributed by atoms with E-state index < -0.39 is 20.2 Å². The van der Waals surface area contributed by atoms with Crippen LogP contribution in [0.3, 0.4) is 0 Å². The van der Waals surface area contributed by atoms with Gasteiger partial charge in [-0.1, -0.05) is 60.7 Å². The molecule has 0 saturated carbocycles. The summed E-state index contributed by atoms with van der Waals surface area (Å²) >= 11 is 0. The molecule has 0 aliphatic rings. The molecule has 0 amide bonds. The van der Waals surface area contributed by atoms with Crippen molar-refractivity contribution in [3.63, 3.8) is 0 Å². The zero-order chi connectivity index (χ0) is 21.2. The van der Waals surface area contributed by atoms with Crippen molar-refractivity contribution in [1.29, 1.82) is 0 Å². The Kier molecular flexibility index (Phi) is 5.19. The molecule has 0 heterocycles. The monoisotopic (exact) mass is 440 g/mol. The molecule has 152 valence electrons. The first-order valence-electron chi connectivity index (χ1n) is 8.87. The summed E-state index contributed by atoms with van der Waals surface area (Å²) in [5, 5.41) is 1.33. The molecule has 30 heavy (non-hydrogen) atoms. The molecule has 0 aliphatic heterocycles. The molecular weight excluding hydrogens is 424 g/mol. The molecule has 0 unspecified atom stereocenters. The van der Waals surface area contributed by atoms with Gasteiger partial charge in [-0.15, -0.1) is 0 Å². The molecule has 0 N–H and O–H groups in total. The maximum Gasteiger partial charge on any atom is 0.339 e. The minimum Gasteiger partial charge on any atom is -0.375 e. The van der Waals surface area contributed by atoms with E-state index in [2.05, 4.69) is 0 Å². The molecule has 0 fully saturated rings. The van der Waals surface area contributed by atoms with Gasteiger partial charge in [-0.2, -0.15) is 16.8 Å². The van der Waals surface area contributed by atoms with Gasteiger partial charge in [-0.25, -0.2) is 0 Å². The van der Waals surface area contributed by atoms with Crippen LogP contribution < -0.4 is 8.37 Å². The standard InChI is InChI=1S/C22H16O6S2/c23-29(24,19-11-3-1-4-12-19)27-21-15-17-9-7-8-10-18(17)16-22(21)28-30(25,26)20-13-5-2-6-14-20/h1-16H. The molecule has 0 aliphatic carbocycles. The van der Waals surface area contributed by atoms with Gasteiger partial charge >= 0.3 is 20.2 Å². The van der Waals surface area contributed by atoms with Crippen molar-refractivity contribution in [1.82, 2.24) is 0 Å². The quantitative estimate of drug-likeness (QED) is 0.414. The average Bonchev–Trinajstić information content (AvgIpc) is 2.75. The van der Waals surface area contributed by atoms with Crippen LogP contribution in [-0.4, -0.2) is 16.8 Å². The van der Waals surface area contributed by atoms with Crippen molar-refractivity contribution < 1.29 is 25.2 Å². The predicted octanol–water partition coefficient (Wildman–Crippen LogP) is 4.38. The second kappa shape index (κ2) is 7.81. The lowest BCUT2D eigenvalue weighted by Gasteiger charge is -2.14. The van der Waals surface area contributed by atoms with E-state index >= 15 is 0 Å². The number of fused-ring (bicyclic) bond motifs is 1. The third-order valence-corrected chi connectivity index (χ3v) is 6.77. The second-order valence-corrected chi connectivity index (χ2v) is 9.44. The number of rotatable bonds is 6. The van der Waals surface area contributed by atoms with Gasteiger partial charge in [0.2, 0.25) is 0 Å². The molecule has 4 aromatic carbocycles. The summed E-state index contributed by atoms with van der Waals surface area (Å²) in [4.78, 5) is -0.120. The Labute approximate surface area is 174 Å². The third kappa shape index (κ3) is 4.14. The van der Waals surface area contributed by atoms with Crippen molar-refractivity contribution in [2.24, 2.45) is 0 Å². The van der Waals surface area contributed by atoms with Crippen molar-refractivity contribution in [2.75, 3.05) is 0 Å². The normalized spacial score (nSPS) is 11.9. The minimum absolute atomic E-state index is 0.0602. The molecule has 0 atom stereocenters. The molecular formula is C22H16O6S2. The molecule has 0 radical (unpaired) electrons. The Morgan fingerprint density at radius 1 is 0.467 bits per heavy atom. The number of benzene rings is 4. The summed E-state index contributed by atoms with van der Waals surface area (Å²) < 4.78 is 61.4. The smallest absolute Gasteiger partial charge is 0.339 e. The van der Waals surface area contributed by atoms with Crippen molar-refractivity contribution >= 4 is 31.0 Å². The molecule has 0 saturated heterocycles. The van der Waals surface area contributed by atoms with Crippen LogP contribution in [0.5, 0.6) is 11.5 Å². The highest BCUT2D eigenvalue weighted by Gasteiger charge is 2.24. The lowest BCUT2D eigenvalue weighted by atomic mass is 10.1. The van der Waals surface area contributed by atoms with E-state index in [9.17, 15) is 16.8 Å². The Morgan fingerprint density at radius 3 is 1.17 bits per heavy atom. The Hall–Kier alpha value is -3.36. The largest absolute Gasteiger partial charge is 0.375 e. The van der Waals surface area contributed by atoms with Gasteiger partial charge in [0.1, 0.15) is 9.79 Å². The van der Waals surface area contributed by atoms with Crippen LogP contribution in [0.4, 0.5) is 0 Å². The third-order valence-electron chi connectivity index (χ3n) is 4.27. The number of hydrogen-bond acceptors (Lipinski definition) is 6. The van der Waals surface area contributed by atoms with Crippen molar-refractivity contribution in [2.45, 2.75) is 9.79 Å². The van der Waals surface area contributed by atoms with E-state index in [1.165, 1.54) is 36.4 Å². The van der Waals surface area contributed by atoms with Gasteiger partial charge in [-0.3, -0.25) is 0 Å². The van der Waals surface area contributed by atoms with Gasteiger partial charge in [0.05, 0.1) is 0 Å². The van der Waals surface area contributed by atoms with Crippen molar-refractivity contribution in [3.8, 4) is 11.5 Å². The second-order valence-electron chi connectivity index (χ2n) is 6.35. The van der Waals surface area contributed by atoms with Gasteiger partial charge < -0.3 is 8.37 Å². The topological polar surface area (TPSA) is 86.7 Å². The highest BCUT2D eigenvalue weighted by Crippen LogP contribution is 2.36. The van der Waals surface area contributed by atoms with Crippen LogP contribution in [0.2, 0.25) is 0 Å². The predicted molar refractivity (Wildman–Crippen MR) is 112 cm³/mol. The Bertz CT molecular complexity index is 1290. The van der Waals surface area contributed by atoms with Gasteiger partial charge in [-0.05, 0) is 47.2 Å². The average molecular weight is 440 g/mol. The maximum absolute atomic E-state index is 12.7. The van der Waals surface area contributed by atoms with E-state index in [-0.39, 0.29) is 21.3 Å². The Balaban J connectivity index is 1.81. The fraction of sp³-hybridized carbons (Fsp3) is 0. The highest BCUT2D eigenvalue weighted by atomic mass is 32.2. The fourth-order valence-corrected chi connectivity index (χ4v) is 4.74. The van der Waals surface area contributed by atoms with Crippen LogP contribution in [0, 0.1) is 0 Å². The minimum atomic E-state index is -4.20. The summed E-state index contributed by atoms with van der Waals surface area (Å²) in [6.07, 6.45) is 0. The zero-order valence-electron chi connectivity index (χ0n) is 15.5. The lowest BCUT2D eigenvalue weighted by molar-refractivity contribution is 0.450. The summed E-state index contributed by atoms with van der Waals surface area (Å²) in [6.45, 7) is 0. The van der Waals surface area contributed by atoms with Gasteiger partial charge in [0.25, 0.3) is 0 Å². The molecule has 0 bridgehead atoms. The van der Waals surface area contributed by atoms with E-state index in [0.717, 1.165) is 0 Å². The van der Waals surface area contributed by atoms with Gasteiger partial charge in [0, 0.05) is 0 Å². The number of hydrogen-bond donors (Lipinski definition) is 0. The van der Waals surface area contributed by atoms with Crippen molar-refractivity contribution in [3.05, 3.63) is 97.1 Å². The molecule has 0 aromatic heterocycles. The van der Waals surface area contributed by atoms with E-state index in [4.69, 9.17) is 8.37 Å². The van der Waals surface area contributed by atoms with Crippen LogP contribution in [0.1, 0.15) is 0 Å². The summed E-state index contributed by atoms with van der Waals surface area (Å²) in [5.41, 5.74) is 0.